The van der Waals surface area contributed by atoms with Crippen LogP contribution in [0.1, 0.15) is 26.7 Å². The van der Waals surface area contributed by atoms with Gasteiger partial charge in [0.15, 0.2) is 0 Å². The molecule has 1 saturated heterocycles. The Balaban J connectivity index is 2.45. The predicted molar refractivity (Wildman–Crippen MR) is 53.2 cm³/mol. The van der Waals surface area contributed by atoms with Crippen LogP contribution in [0.4, 0.5) is 0 Å². The van der Waals surface area contributed by atoms with E-state index in [2.05, 4.69) is 10.1 Å². The molecule has 1 heterocycles. The van der Waals surface area contributed by atoms with Crippen molar-refractivity contribution >= 4 is 11.9 Å². The highest BCUT2D eigenvalue weighted by Crippen LogP contribution is 2.19. The summed E-state index contributed by atoms with van der Waals surface area (Å²) in [6, 6.07) is 0. The lowest BCUT2D eigenvalue weighted by atomic mass is 9.92. The van der Waals surface area contributed by atoms with E-state index in [1.165, 1.54) is 0 Å². The van der Waals surface area contributed by atoms with Crippen molar-refractivity contribution < 1.29 is 19.1 Å². The topological polar surface area (TPSA) is 64.6 Å². The summed E-state index contributed by atoms with van der Waals surface area (Å²) in [5.74, 6) is -1.48. The van der Waals surface area contributed by atoms with Crippen molar-refractivity contribution in [2.24, 2.45) is 0 Å². The molecule has 1 N–H and O–H groups in total. The normalized spacial score (nSPS) is 19.3. The van der Waals surface area contributed by atoms with Crippen molar-refractivity contribution in [1.82, 2.24) is 5.32 Å². The van der Waals surface area contributed by atoms with Gasteiger partial charge in [-0.25, -0.2) is 4.79 Å². The Morgan fingerprint density at radius 3 is 2.53 bits per heavy atom. The van der Waals surface area contributed by atoms with Crippen molar-refractivity contribution in [2.75, 3.05) is 19.8 Å². The second-order valence-corrected chi connectivity index (χ2v) is 3.85. The maximum absolute atomic E-state index is 11.4. The van der Waals surface area contributed by atoms with Crippen LogP contribution in [0.3, 0.4) is 0 Å². The van der Waals surface area contributed by atoms with Gasteiger partial charge in [-0.15, -0.1) is 0 Å². The number of hydrogen-bond acceptors (Lipinski definition) is 4. The summed E-state index contributed by atoms with van der Waals surface area (Å²) in [5, 5.41) is 2.69. The number of ether oxygens (including phenoxy) is 2. The zero-order valence-electron chi connectivity index (χ0n) is 9.17. The third kappa shape index (κ3) is 3.51. The SMILES string of the molecule is CCOC(=O)C(=O)NC1(C)CCOCC1. The lowest BCUT2D eigenvalue weighted by Gasteiger charge is -2.33. The van der Waals surface area contributed by atoms with Gasteiger partial charge in [0, 0.05) is 18.8 Å². The highest BCUT2D eigenvalue weighted by Gasteiger charge is 2.31. The molecule has 1 rings (SSSR count). The van der Waals surface area contributed by atoms with E-state index in [4.69, 9.17) is 4.74 Å². The molecule has 0 aliphatic carbocycles. The lowest BCUT2D eigenvalue weighted by molar-refractivity contribution is -0.155. The van der Waals surface area contributed by atoms with Gasteiger partial charge in [-0.1, -0.05) is 0 Å². The lowest BCUT2D eigenvalue weighted by Crippen LogP contribution is -2.52. The zero-order chi connectivity index (χ0) is 11.3. The Morgan fingerprint density at radius 2 is 2.00 bits per heavy atom. The number of esters is 1. The quantitative estimate of drug-likeness (QED) is 0.529. The number of carbonyl (C=O) groups excluding carboxylic acids is 2. The predicted octanol–water partition coefficient (Wildman–Crippen LogP) is 0.235. The number of amides is 1. The molecule has 86 valence electrons. The Bertz CT molecular complexity index is 246. The summed E-state index contributed by atoms with van der Waals surface area (Å²) in [6.45, 7) is 5.01. The van der Waals surface area contributed by atoms with Crippen LogP contribution in [-0.2, 0) is 19.1 Å². The van der Waals surface area contributed by atoms with Gasteiger partial charge in [-0.05, 0) is 26.7 Å². The summed E-state index contributed by atoms with van der Waals surface area (Å²) in [6.07, 6.45) is 1.44. The Morgan fingerprint density at radius 1 is 1.40 bits per heavy atom. The standard InChI is InChI=1S/C10H17NO4/c1-3-15-9(13)8(12)11-10(2)4-6-14-7-5-10/h3-7H2,1-2H3,(H,11,12). The van der Waals surface area contributed by atoms with Crippen LogP contribution in [0.15, 0.2) is 0 Å². The molecule has 0 unspecified atom stereocenters. The molecular weight excluding hydrogens is 198 g/mol. The molecule has 1 fully saturated rings. The first-order valence-electron chi connectivity index (χ1n) is 5.14. The minimum absolute atomic E-state index is 0.214. The van der Waals surface area contributed by atoms with Crippen LogP contribution in [0, 0.1) is 0 Å². The first kappa shape index (κ1) is 12.0. The van der Waals surface area contributed by atoms with Crippen molar-refractivity contribution in [3.8, 4) is 0 Å². The van der Waals surface area contributed by atoms with Gasteiger partial charge >= 0.3 is 11.9 Å². The summed E-state index contributed by atoms with van der Waals surface area (Å²) in [7, 11) is 0. The molecule has 0 saturated carbocycles. The molecule has 0 aromatic rings. The van der Waals surface area contributed by atoms with E-state index in [1.807, 2.05) is 6.92 Å². The van der Waals surface area contributed by atoms with Gasteiger partial charge in [0.25, 0.3) is 0 Å². The van der Waals surface area contributed by atoms with E-state index in [1.54, 1.807) is 6.92 Å². The van der Waals surface area contributed by atoms with Crippen LogP contribution in [0.25, 0.3) is 0 Å². The summed E-state index contributed by atoms with van der Waals surface area (Å²) in [5.41, 5.74) is -0.345. The third-order valence-electron chi connectivity index (χ3n) is 2.47. The van der Waals surface area contributed by atoms with Crippen molar-refractivity contribution in [2.45, 2.75) is 32.2 Å². The van der Waals surface area contributed by atoms with Gasteiger partial charge < -0.3 is 14.8 Å². The minimum Gasteiger partial charge on any atom is -0.459 e. The highest BCUT2D eigenvalue weighted by molar-refractivity contribution is 6.32. The minimum atomic E-state index is -0.815. The fourth-order valence-corrected chi connectivity index (χ4v) is 1.47. The van der Waals surface area contributed by atoms with Gasteiger partial charge in [0.1, 0.15) is 0 Å². The molecule has 1 aliphatic rings. The van der Waals surface area contributed by atoms with Gasteiger partial charge in [0.05, 0.1) is 6.61 Å². The molecule has 0 aromatic heterocycles. The van der Waals surface area contributed by atoms with Crippen LogP contribution < -0.4 is 5.32 Å². The van der Waals surface area contributed by atoms with E-state index in [-0.39, 0.29) is 12.1 Å². The number of hydrogen-bond donors (Lipinski definition) is 1. The monoisotopic (exact) mass is 215 g/mol. The summed E-state index contributed by atoms with van der Waals surface area (Å²) in [4.78, 5) is 22.5. The molecule has 0 bridgehead atoms. The van der Waals surface area contributed by atoms with Crippen molar-refractivity contribution in [1.29, 1.82) is 0 Å². The Labute approximate surface area is 89.1 Å². The van der Waals surface area contributed by atoms with Gasteiger partial charge in [-0.3, -0.25) is 4.79 Å². The molecule has 0 aromatic carbocycles. The molecule has 0 atom stereocenters. The van der Waals surface area contributed by atoms with E-state index in [0.29, 0.717) is 13.2 Å². The van der Waals surface area contributed by atoms with E-state index >= 15 is 0 Å². The Kier molecular flexibility index (Phi) is 4.08. The first-order chi connectivity index (χ1) is 7.07. The highest BCUT2D eigenvalue weighted by atomic mass is 16.5. The van der Waals surface area contributed by atoms with Gasteiger partial charge in [-0.2, -0.15) is 0 Å². The zero-order valence-corrected chi connectivity index (χ0v) is 9.17. The molecule has 15 heavy (non-hydrogen) atoms. The van der Waals surface area contributed by atoms with Crippen LogP contribution in [0.5, 0.6) is 0 Å². The molecular formula is C10H17NO4. The first-order valence-corrected chi connectivity index (χ1v) is 5.14. The third-order valence-corrected chi connectivity index (χ3v) is 2.47. The molecule has 1 amide bonds. The van der Waals surface area contributed by atoms with Crippen LogP contribution in [-0.4, -0.2) is 37.2 Å². The van der Waals surface area contributed by atoms with Crippen molar-refractivity contribution in [3.05, 3.63) is 0 Å². The van der Waals surface area contributed by atoms with E-state index in [0.717, 1.165) is 12.8 Å². The summed E-state index contributed by atoms with van der Waals surface area (Å²) < 4.78 is 9.79. The molecule has 0 spiro atoms. The second kappa shape index (κ2) is 5.11. The molecule has 5 heteroatoms. The maximum Gasteiger partial charge on any atom is 0.396 e. The second-order valence-electron chi connectivity index (χ2n) is 3.85. The van der Waals surface area contributed by atoms with Crippen molar-refractivity contribution in [3.63, 3.8) is 0 Å². The van der Waals surface area contributed by atoms with Crippen LogP contribution >= 0.6 is 0 Å². The number of carbonyl (C=O) groups is 2. The largest absolute Gasteiger partial charge is 0.459 e. The molecule has 1 aliphatic heterocycles. The number of rotatable bonds is 2. The average molecular weight is 215 g/mol. The van der Waals surface area contributed by atoms with E-state index < -0.39 is 11.9 Å². The van der Waals surface area contributed by atoms with Gasteiger partial charge in [0.2, 0.25) is 0 Å². The molecule has 5 nitrogen and oxygen atoms in total. The fraction of sp³-hybridized carbons (Fsp3) is 0.800. The maximum atomic E-state index is 11.4. The van der Waals surface area contributed by atoms with Crippen LogP contribution in [0.2, 0.25) is 0 Å². The summed E-state index contributed by atoms with van der Waals surface area (Å²) >= 11 is 0. The Hall–Kier alpha value is -1.10. The fourth-order valence-electron chi connectivity index (χ4n) is 1.47. The molecule has 0 radical (unpaired) electrons. The van der Waals surface area contributed by atoms with E-state index in [9.17, 15) is 9.59 Å². The average Bonchev–Trinajstić information content (AvgIpc) is 2.18. The number of nitrogens with one attached hydrogen (secondary N) is 1. The smallest absolute Gasteiger partial charge is 0.396 e.